The Morgan fingerprint density at radius 1 is 1.29 bits per heavy atom. The van der Waals surface area contributed by atoms with E-state index in [1.54, 1.807) is 13.0 Å². The molecule has 116 valence electrons. The summed E-state index contributed by atoms with van der Waals surface area (Å²) >= 11 is 0. The third-order valence-corrected chi connectivity index (χ3v) is 2.88. The number of carbonyl (C=O) groups excluding carboxylic acids is 2. The van der Waals surface area contributed by atoms with E-state index in [9.17, 15) is 14.7 Å². The van der Waals surface area contributed by atoms with Gasteiger partial charge in [0.05, 0.1) is 18.7 Å². The van der Waals surface area contributed by atoms with Gasteiger partial charge < -0.3 is 20.3 Å². The van der Waals surface area contributed by atoms with E-state index in [2.05, 4.69) is 0 Å². The Balaban J connectivity index is 3.01. The fourth-order valence-corrected chi connectivity index (χ4v) is 1.92. The third kappa shape index (κ3) is 4.46. The number of aromatic hydroxyl groups is 1. The lowest BCUT2D eigenvalue weighted by Gasteiger charge is -2.14. The van der Waals surface area contributed by atoms with Gasteiger partial charge in [-0.15, -0.1) is 0 Å². The highest BCUT2D eigenvalue weighted by Gasteiger charge is 2.18. The van der Waals surface area contributed by atoms with Crippen LogP contribution in [0.2, 0.25) is 0 Å². The number of ketones is 1. The molecule has 0 bridgehead atoms. The number of Topliss-reactive ketones (excluding diaryl/α,β-unsaturated/α-hetero) is 1. The van der Waals surface area contributed by atoms with Crippen molar-refractivity contribution in [3.05, 3.63) is 23.3 Å². The summed E-state index contributed by atoms with van der Waals surface area (Å²) in [6.07, 6.45) is 1.28. The van der Waals surface area contributed by atoms with Crippen LogP contribution in [0.1, 0.15) is 36.2 Å². The summed E-state index contributed by atoms with van der Waals surface area (Å²) in [4.78, 5) is 23.0. The van der Waals surface area contributed by atoms with Crippen LogP contribution in [0.4, 0.5) is 0 Å². The highest BCUT2D eigenvalue weighted by molar-refractivity contribution is 6.00. The summed E-state index contributed by atoms with van der Waals surface area (Å²) in [7, 11) is 0. The molecule has 1 aromatic rings. The molecule has 6 heteroatoms. The maximum Gasteiger partial charge on any atom is 0.344 e. The smallest absolute Gasteiger partial charge is 0.344 e. The first-order valence-electron chi connectivity index (χ1n) is 6.91. The molecule has 0 saturated carbocycles. The van der Waals surface area contributed by atoms with Gasteiger partial charge in [-0.25, -0.2) is 4.79 Å². The van der Waals surface area contributed by atoms with Crippen molar-refractivity contribution in [3.8, 4) is 11.5 Å². The number of hydrogen-bond acceptors (Lipinski definition) is 6. The van der Waals surface area contributed by atoms with Gasteiger partial charge in [-0.2, -0.15) is 0 Å². The molecule has 0 amide bonds. The van der Waals surface area contributed by atoms with E-state index in [4.69, 9.17) is 15.2 Å². The SMILES string of the molecule is CCCc1c(OCC(=O)OCC)ccc(C(=O)CN)c1O. The van der Waals surface area contributed by atoms with Gasteiger partial charge in [0.15, 0.2) is 12.4 Å². The summed E-state index contributed by atoms with van der Waals surface area (Å²) in [5.74, 6) is -0.590. The zero-order chi connectivity index (χ0) is 15.8. The second kappa shape index (κ2) is 8.26. The Bertz CT molecular complexity index is 513. The first-order valence-corrected chi connectivity index (χ1v) is 6.91. The first-order chi connectivity index (χ1) is 10.0. The minimum Gasteiger partial charge on any atom is -0.507 e. The van der Waals surface area contributed by atoms with E-state index >= 15 is 0 Å². The van der Waals surface area contributed by atoms with E-state index in [0.29, 0.717) is 17.7 Å². The largest absolute Gasteiger partial charge is 0.507 e. The molecule has 1 rings (SSSR count). The molecule has 21 heavy (non-hydrogen) atoms. The van der Waals surface area contributed by atoms with Gasteiger partial charge >= 0.3 is 5.97 Å². The van der Waals surface area contributed by atoms with Crippen LogP contribution in [0.15, 0.2) is 12.1 Å². The molecule has 3 N–H and O–H groups in total. The molecule has 6 nitrogen and oxygen atoms in total. The number of hydrogen-bond donors (Lipinski definition) is 2. The number of benzene rings is 1. The molecule has 0 aliphatic heterocycles. The predicted molar refractivity (Wildman–Crippen MR) is 77.6 cm³/mol. The van der Waals surface area contributed by atoms with Crippen LogP contribution in [0, 0.1) is 0 Å². The Kier molecular flexibility index (Phi) is 6.68. The van der Waals surface area contributed by atoms with E-state index in [1.165, 1.54) is 6.07 Å². The van der Waals surface area contributed by atoms with Crippen molar-refractivity contribution >= 4 is 11.8 Å². The van der Waals surface area contributed by atoms with Crippen molar-refractivity contribution in [2.75, 3.05) is 19.8 Å². The monoisotopic (exact) mass is 295 g/mol. The van der Waals surface area contributed by atoms with Crippen molar-refractivity contribution in [3.63, 3.8) is 0 Å². The second-order valence-electron chi connectivity index (χ2n) is 4.41. The van der Waals surface area contributed by atoms with Gasteiger partial charge in [-0.1, -0.05) is 13.3 Å². The van der Waals surface area contributed by atoms with Crippen LogP contribution < -0.4 is 10.5 Å². The third-order valence-electron chi connectivity index (χ3n) is 2.88. The van der Waals surface area contributed by atoms with Crippen molar-refractivity contribution in [2.24, 2.45) is 5.73 Å². The topological polar surface area (TPSA) is 98.9 Å². The normalized spacial score (nSPS) is 10.2. The molecule has 0 aliphatic carbocycles. The average Bonchev–Trinajstić information content (AvgIpc) is 2.47. The Morgan fingerprint density at radius 3 is 2.57 bits per heavy atom. The summed E-state index contributed by atoms with van der Waals surface area (Å²) in [5, 5.41) is 10.2. The molecular formula is C15H21NO5. The lowest BCUT2D eigenvalue weighted by atomic mass is 10.0. The zero-order valence-electron chi connectivity index (χ0n) is 12.3. The van der Waals surface area contributed by atoms with Crippen LogP contribution >= 0.6 is 0 Å². The maximum absolute atomic E-state index is 11.7. The van der Waals surface area contributed by atoms with Crippen LogP contribution in [-0.4, -0.2) is 36.6 Å². The van der Waals surface area contributed by atoms with Gasteiger partial charge in [0.2, 0.25) is 0 Å². The molecule has 0 spiro atoms. The number of nitrogens with two attached hydrogens (primary N) is 1. The molecule has 0 aliphatic rings. The van der Waals surface area contributed by atoms with Gasteiger partial charge in [-0.05, 0) is 25.5 Å². The first kappa shape index (κ1) is 17.0. The molecule has 0 atom stereocenters. The number of phenolic OH excluding ortho intramolecular Hbond substituents is 1. The lowest BCUT2D eigenvalue weighted by Crippen LogP contribution is -2.16. The highest BCUT2D eigenvalue weighted by atomic mass is 16.6. The fraction of sp³-hybridized carbons (Fsp3) is 0.467. The fourth-order valence-electron chi connectivity index (χ4n) is 1.92. The van der Waals surface area contributed by atoms with Crippen molar-refractivity contribution in [2.45, 2.75) is 26.7 Å². The van der Waals surface area contributed by atoms with Crippen LogP contribution in [0.3, 0.4) is 0 Å². The summed E-state index contributed by atoms with van der Waals surface area (Å²) in [5.41, 5.74) is 5.99. The second-order valence-corrected chi connectivity index (χ2v) is 4.41. The van der Waals surface area contributed by atoms with Gasteiger partial charge in [0.1, 0.15) is 11.5 Å². The zero-order valence-corrected chi connectivity index (χ0v) is 12.3. The summed E-state index contributed by atoms with van der Waals surface area (Å²) in [6.45, 7) is 3.50. The van der Waals surface area contributed by atoms with Crippen molar-refractivity contribution < 1.29 is 24.2 Å². The number of phenols is 1. The molecule has 0 unspecified atom stereocenters. The van der Waals surface area contributed by atoms with Crippen molar-refractivity contribution in [1.29, 1.82) is 0 Å². The molecule has 0 fully saturated rings. The molecule has 1 aromatic carbocycles. The predicted octanol–water partition coefficient (Wildman–Crippen LogP) is 1.43. The minimum absolute atomic E-state index is 0.131. The summed E-state index contributed by atoms with van der Waals surface area (Å²) < 4.78 is 10.2. The molecule has 0 heterocycles. The van der Waals surface area contributed by atoms with Crippen molar-refractivity contribution in [1.82, 2.24) is 0 Å². The summed E-state index contributed by atoms with van der Waals surface area (Å²) in [6, 6.07) is 3.01. The number of carbonyl (C=O) groups is 2. The van der Waals surface area contributed by atoms with Gasteiger partial charge in [-0.3, -0.25) is 4.79 Å². The number of rotatable bonds is 8. The van der Waals surface area contributed by atoms with Crippen LogP contribution in [-0.2, 0) is 16.0 Å². The Morgan fingerprint density at radius 2 is 2.00 bits per heavy atom. The highest BCUT2D eigenvalue weighted by Crippen LogP contribution is 2.32. The number of esters is 1. The van der Waals surface area contributed by atoms with Gasteiger partial charge in [0.25, 0.3) is 0 Å². The Labute approximate surface area is 123 Å². The molecule has 0 aromatic heterocycles. The van der Waals surface area contributed by atoms with E-state index < -0.39 is 5.97 Å². The Hall–Kier alpha value is -2.08. The lowest BCUT2D eigenvalue weighted by molar-refractivity contribution is -0.145. The van der Waals surface area contributed by atoms with Crippen LogP contribution in [0.25, 0.3) is 0 Å². The van der Waals surface area contributed by atoms with E-state index in [1.807, 2.05) is 6.92 Å². The van der Waals surface area contributed by atoms with Crippen LogP contribution in [0.5, 0.6) is 11.5 Å². The van der Waals surface area contributed by atoms with E-state index in [0.717, 1.165) is 6.42 Å². The quantitative estimate of drug-likeness (QED) is 0.556. The standard InChI is InChI=1S/C15H21NO5/c1-3-5-11-13(21-9-14(18)20-4-2)7-6-10(15(11)19)12(17)8-16/h6-7,19H,3-5,8-9,16H2,1-2H3. The average molecular weight is 295 g/mol. The molecular weight excluding hydrogens is 274 g/mol. The minimum atomic E-state index is -0.485. The van der Waals surface area contributed by atoms with Gasteiger partial charge in [0, 0.05) is 5.56 Å². The molecule has 0 saturated heterocycles. The number of ether oxygens (including phenoxy) is 2. The van der Waals surface area contributed by atoms with E-state index in [-0.39, 0.29) is 36.9 Å². The maximum atomic E-state index is 11.7. The molecule has 0 radical (unpaired) electrons.